The second kappa shape index (κ2) is 6.96. The van der Waals surface area contributed by atoms with Crippen LogP contribution in [0.2, 0.25) is 0 Å². The van der Waals surface area contributed by atoms with Crippen LogP contribution in [-0.4, -0.2) is 34.9 Å². The normalized spacial score (nSPS) is 17.4. The van der Waals surface area contributed by atoms with E-state index in [1.165, 1.54) is 5.56 Å². The summed E-state index contributed by atoms with van der Waals surface area (Å²) in [5, 5.41) is 7.38. The van der Waals surface area contributed by atoms with Gasteiger partial charge in [0.2, 0.25) is 0 Å². The molecule has 1 N–H and O–H groups in total. The fourth-order valence-corrected chi connectivity index (χ4v) is 2.92. The van der Waals surface area contributed by atoms with Crippen molar-refractivity contribution < 1.29 is 9.53 Å². The molecular weight excluding hydrogens is 290 g/mol. The summed E-state index contributed by atoms with van der Waals surface area (Å²) in [4.78, 5) is 12.5. The third-order valence-corrected chi connectivity index (χ3v) is 4.24. The van der Waals surface area contributed by atoms with E-state index in [4.69, 9.17) is 4.74 Å². The number of carbonyl (C=O) groups excluding carboxylic acids is 1. The zero-order chi connectivity index (χ0) is 16.2. The lowest BCUT2D eigenvalue weighted by molar-refractivity contribution is 0.0857. The van der Waals surface area contributed by atoms with E-state index in [1.807, 2.05) is 35.9 Å². The molecular formula is C18H23N3O2. The van der Waals surface area contributed by atoms with Crippen molar-refractivity contribution in [2.75, 3.05) is 13.2 Å². The molecule has 1 aromatic carbocycles. The van der Waals surface area contributed by atoms with Gasteiger partial charge >= 0.3 is 0 Å². The lowest BCUT2D eigenvalue weighted by atomic mass is 10.1. The number of nitrogens with zero attached hydrogens (tertiary/aromatic N) is 2. The maximum Gasteiger partial charge on any atom is 0.254 e. The van der Waals surface area contributed by atoms with E-state index < -0.39 is 0 Å². The van der Waals surface area contributed by atoms with Crippen LogP contribution in [0.15, 0.2) is 30.5 Å². The predicted molar refractivity (Wildman–Crippen MR) is 89.0 cm³/mol. The summed E-state index contributed by atoms with van der Waals surface area (Å²) in [6, 6.07) is 8.15. The molecule has 1 fully saturated rings. The van der Waals surface area contributed by atoms with E-state index in [9.17, 15) is 4.79 Å². The fraction of sp³-hybridized carbons (Fsp3) is 0.444. The van der Waals surface area contributed by atoms with Crippen molar-refractivity contribution in [3.63, 3.8) is 0 Å². The van der Waals surface area contributed by atoms with Crippen molar-refractivity contribution in [2.24, 2.45) is 0 Å². The lowest BCUT2D eigenvalue weighted by Crippen LogP contribution is -2.32. The van der Waals surface area contributed by atoms with E-state index in [2.05, 4.69) is 17.3 Å². The van der Waals surface area contributed by atoms with Crippen LogP contribution in [0, 0.1) is 6.92 Å². The molecule has 0 spiro atoms. The molecule has 23 heavy (non-hydrogen) atoms. The highest BCUT2D eigenvalue weighted by Gasteiger charge is 2.20. The van der Waals surface area contributed by atoms with Gasteiger partial charge in [-0.2, -0.15) is 5.10 Å². The highest BCUT2D eigenvalue weighted by Crippen LogP contribution is 2.17. The number of ether oxygens (including phenoxy) is 1. The van der Waals surface area contributed by atoms with Crippen LogP contribution >= 0.6 is 0 Å². The number of benzene rings is 1. The lowest BCUT2D eigenvalue weighted by Gasteiger charge is -2.11. The topological polar surface area (TPSA) is 56.1 Å². The number of carbonyl (C=O) groups is 1. The predicted octanol–water partition coefficient (Wildman–Crippen LogP) is 2.65. The van der Waals surface area contributed by atoms with Crippen molar-refractivity contribution in [3.8, 4) is 5.69 Å². The van der Waals surface area contributed by atoms with Crippen LogP contribution in [-0.2, 0) is 11.2 Å². The minimum Gasteiger partial charge on any atom is -0.376 e. The van der Waals surface area contributed by atoms with Gasteiger partial charge < -0.3 is 10.1 Å². The Kier molecular flexibility index (Phi) is 4.76. The first-order valence-electron chi connectivity index (χ1n) is 8.22. The molecule has 0 radical (unpaired) electrons. The van der Waals surface area contributed by atoms with Gasteiger partial charge in [-0.15, -0.1) is 0 Å². The summed E-state index contributed by atoms with van der Waals surface area (Å²) in [5.41, 5.74) is 3.75. The first-order valence-corrected chi connectivity index (χ1v) is 8.22. The Bertz CT molecular complexity index is 670. The van der Waals surface area contributed by atoms with Crippen LogP contribution in [0.25, 0.3) is 5.69 Å². The Balaban J connectivity index is 1.77. The SMILES string of the molecule is CCc1c(C(=O)NC[C@H]2CCCO2)cnn1-c1ccc(C)cc1. The zero-order valence-corrected chi connectivity index (χ0v) is 13.7. The van der Waals surface area contributed by atoms with Gasteiger partial charge in [0.05, 0.1) is 29.2 Å². The van der Waals surface area contributed by atoms with E-state index in [0.717, 1.165) is 37.3 Å². The van der Waals surface area contributed by atoms with Gasteiger partial charge in [-0.05, 0) is 38.3 Å². The number of hydrogen-bond acceptors (Lipinski definition) is 3. The van der Waals surface area contributed by atoms with Gasteiger partial charge in [0.1, 0.15) is 0 Å². The summed E-state index contributed by atoms with van der Waals surface area (Å²) in [5.74, 6) is -0.0734. The van der Waals surface area contributed by atoms with Gasteiger partial charge in [-0.1, -0.05) is 24.6 Å². The third kappa shape index (κ3) is 3.45. The molecule has 2 aromatic rings. The van der Waals surface area contributed by atoms with E-state index in [1.54, 1.807) is 6.20 Å². The molecule has 0 bridgehead atoms. The highest BCUT2D eigenvalue weighted by atomic mass is 16.5. The molecule has 0 aliphatic carbocycles. The monoisotopic (exact) mass is 313 g/mol. The zero-order valence-electron chi connectivity index (χ0n) is 13.7. The Morgan fingerprint density at radius 2 is 2.17 bits per heavy atom. The van der Waals surface area contributed by atoms with Crippen LogP contribution in [0.3, 0.4) is 0 Å². The second-order valence-electron chi connectivity index (χ2n) is 5.95. The molecule has 2 heterocycles. The molecule has 0 unspecified atom stereocenters. The standard InChI is InChI=1S/C18H23N3O2/c1-3-17-16(18(22)19-11-15-5-4-10-23-15)12-20-21(17)14-8-6-13(2)7-9-14/h6-9,12,15H,3-5,10-11H2,1-2H3,(H,19,22)/t15-/m1/s1. The molecule has 0 saturated carbocycles. The van der Waals surface area contributed by atoms with Crippen molar-refractivity contribution >= 4 is 5.91 Å². The number of aromatic nitrogens is 2. The van der Waals surface area contributed by atoms with Crippen LogP contribution in [0.1, 0.15) is 41.4 Å². The summed E-state index contributed by atoms with van der Waals surface area (Å²) in [6.07, 6.45) is 4.64. The second-order valence-corrected chi connectivity index (χ2v) is 5.95. The quantitative estimate of drug-likeness (QED) is 0.923. The minimum absolute atomic E-state index is 0.0734. The number of aryl methyl sites for hydroxylation is 1. The first kappa shape index (κ1) is 15.7. The molecule has 5 heteroatoms. The molecule has 3 rings (SSSR count). The number of hydrogen-bond donors (Lipinski definition) is 1. The summed E-state index contributed by atoms with van der Waals surface area (Å²) in [7, 11) is 0. The number of rotatable bonds is 5. The van der Waals surface area contributed by atoms with Crippen LogP contribution < -0.4 is 5.32 Å². The van der Waals surface area contributed by atoms with Gasteiger partial charge in [-0.3, -0.25) is 4.79 Å². The van der Waals surface area contributed by atoms with Crippen molar-refractivity contribution in [1.29, 1.82) is 0 Å². The molecule has 122 valence electrons. The molecule has 1 atom stereocenters. The third-order valence-electron chi connectivity index (χ3n) is 4.24. The molecule has 5 nitrogen and oxygen atoms in total. The summed E-state index contributed by atoms with van der Waals surface area (Å²) in [6.45, 7) is 5.46. The highest BCUT2D eigenvalue weighted by molar-refractivity contribution is 5.95. The van der Waals surface area contributed by atoms with Gasteiger partial charge in [0, 0.05) is 13.2 Å². The van der Waals surface area contributed by atoms with Crippen LogP contribution in [0.5, 0.6) is 0 Å². The first-order chi connectivity index (χ1) is 11.2. The fourth-order valence-electron chi connectivity index (χ4n) is 2.92. The van der Waals surface area contributed by atoms with E-state index >= 15 is 0 Å². The maximum absolute atomic E-state index is 12.5. The minimum atomic E-state index is -0.0734. The largest absolute Gasteiger partial charge is 0.376 e. The average molecular weight is 313 g/mol. The molecule has 1 aromatic heterocycles. The van der Waals surface area contributed by atoms with E-state index in [-0.39, 0.29) is 12.0 Å². The van der Waals surface area contributed by atoms with Gasteiger partial charge in [0.25, 0.3) is 5.91 Å². The summed E-state index contributed by atoms with van der Waals surface area (Å²) < 4.78 is 7.39. The van der Waals surface area contributed by atoms with Crippen molar-refractivity contribution in [2.45, 2.75) is 39.2 Å². The Labute approximate surface area is 136 Å². The van der Waals surface area contributed by atoms with E-state index in [0.29, 0.717) is 12.1 Å². The average Bonchev–Trinajstić information content (AvgIpc) is 3.22. The smallest absolute Gasteiger partial charge is 0.254 e. The Hall–Kier alpha value is -2.14. The molecule has 1 aliphatic heterocycles. The Morgan fingerprint density at radius 3 is 2.83 bits per heavy atom. The maximum atomic E-state index is 12.5. The molecule has 1 amide bonds. The van der Waals surface area contributed by atoms with Crippen LogP contribution in [0.4, 0.5) is 0 Å². The van der Waals surface area contributed by atoms with Gasteiger partial charge in [-0.25, -0.2) is 4.68 Å². The van der Waals surface area contributed by atoms with Crippen molar-refractivity contribution in [3.05, 3.63) is 47.3 Å². The number of nitrogens with one attached hydrogen (secondary N) is 1. The number of amides is 1. The Morgan fingerprint density at radius 1 is 1.39 bits per heavy atom. The van der Waals surface area contributed by atoms with Gasteiger partial charge in [0.15, 0.2) is 0 Å². The molecule has 1 saturated heterocycles. The molecule has 1 aliphatic rings. The van der Waals surface area contributed by atoms with Crippen molar-refractivity contribution in [1.82, 2.24) is 15.1 Å². The summed E-state index contributed by atoms with van der Waals surface area (Å²) >= 11 is 0.